The van der Waals surface area contributed by atoms with Crippen molar-refractivity contribution in [2.45, 2.75) is 25.8 Å². The number of imidazole rings is 1. The molecule has 1 atom stereocenters. The van der Waals surface area contributed by atoms with Crippen molar-refractivity contribution in [2.75, 3.05) is 13.1 Å². The van der Waals surface area contributed by atoms with E-state index >= 15 is 0 Å². The molecule has 1 aliphatic heterocycles. The minimum absolute atomic E-state index is 0.320. The number of likely N-dealkylation sites (tertiary alicyclic amines) is 1. The number of carbonyl (C=O) groups excluding carboxylic acids is 1. The first-order valence-electron chi connectivity index (χ1n) is 10.1. The van der Waals surface area contributed by atoms with Gasteiger partial charge in [0.1, 0.15) is 5.82 Å². The molecule has 0 unspecified atom stereocenters. The Balaban J connectivity index is 1.29. The Hall–Kier alpha value is -2.95. The average Bonchev–Trinajstić information content (AvgIpc) is 3.32. The summed E-state index contributed by atoms with van der Waals surface area (Å²) >= 11 is 0. The van der Waals surface area contributed by atoms with Crippen LogP contribution in [0.5, 0.6) is 0 Å². The third-order valence-electron chi connectivity index (χ3n) is 5.83. The van der Waals surface area contributed by atoms with Crippen molar-refractivity contribution in [1.29, 1.82) is 0 Å². The zero-order valence-electron chi connectivity index (χ0n) is 15.9. The second kappa shape index (κ2) is 7.23. The van der Waals surface area contributed by atoms with Crippen LogP contribution < -0.4 is 0 Å². The highest BCUT2D eigenvalue weighted by Gasteiger charge is 2.36. The van der Waals surface area contributed by atoms with Gasteiger partial charge in [0.15, 0.2) is 0 Å². The second-order valence-electron chi connectivity index (χ2n) is 7.94. The number of hydrogen-bond acceptors (Lipinski definition) is 3. The van der Waals surface area contributed by atoms with Crippen molar-refractivity contribution in [3.63, 3.8) is 0 Å². The average molecular weight is 372 g/mol. The fourth-order valence-electron chi connectivity index (χ4n) is 4.11. The number of benzene rings is 1. The predicted octanol–water partition coefficient (Wildman–Crippen LogP) is 3.87. The van der Waals surface area contributed by atoms with E-state index in [1.807, 2.05) is 18.5 Å². The van der Waals surface area contributed by atoms with Crippen LogP contribution in [0.15, 0.2) is 61.2 Å². The van der Waals surface area contributed by atoms with Crippen molar-refractivity contribution in [2.24, 2.45) is 11.8 Å². The van der Waals surface area contributed by atoms with E-state index < -0.39 is 0 Å². The molecule has 2 aliphatic rings. The SMILES string of the molecule is O=C(C1CC1)N1CC[C@H](Cn2ccnc2-c2ccc(-c3cccnc3)cc2)C1. The minimum Gasteiger partial charge on any atom is -0.342 e. The van der Waals surface area contributed by atoms with Gasteiger partial charge in [-0.1, -0.05) is 30.3 Å². The monoisotopic (exact) mass is 372 g/mol. The summed E-state index contributed by atoms with van der Waals surface area (Å²) in [5.41, 5.74) is 3.38. The molecule has 0 radical (unpaired) electrons. The Bertz CT molecular complexity index is 960. The summed E-state index contributed by atoms with van der Waals surface area (Å²) in [5.74, 6) is 2.19. The first kappa shape index (κ1) is 17.2. The molecule has 0 spiro atoms. The van der Waals surface area contributed by atoms with Crippen molar-refractivity contribution >= 4 is 5.91 Å². The van der Waals surface area contributed by atoms with Gasteiger partial charge in [-0.2, -0.15) is 0 Å². The molecule has 1 saturated carbocycles. The number of pyridine rings is 1. The molecular formula is C23H24N4O. The van der Waals surface area contributed by atoms with E-state index in [4.69, 9.17) is 0 Å². The smallest absolute Gasteiger partial charge is 0.225 e. The molecule has 142 valence electrons. The standard InChI is InChI=1S/C23H24N4O/c28-23(20-7-8-20)27-12-9-17(16-27)15-26-13-11-25-22(26)19-5-3-18(4-6-19)21-2-1-10-24-14-21/h1-6,10-11,13-14,17,20H,7-9,12,15-16H2/t17-/m1/s1. The topological polar surface area (TPSA) is 51.0 Å². The van der Waals surface area contributed by atoms with E-state index in [0.717, 1.165) is 61.4 Å². The number of carbonyl (C=O) groups is 1. The fourth-order valence-corrected chi connectivity index (χ4v) is 4.11. The van der Waals surface area contributed by atoms with Crippen LogP contribution in [0.3, 0.4) is 0 Å². The minimum atomic E-state index is 0.320. The lowest BCUT2D eigenvalue weighted by Gasteiger charge is -2.17. The lowest BCUT2D eigenvalue weighted by molar-refractivity contribution is -0.131. The summed E-state index contributed by atoms with van der Waals surface area (Å²) < 4.78 is 2.23. The van der Waals surface area contributed by atoms with Gasteiger partial charge < -0.3 is 9.47 Å². The third kappa shape index (κ3) is 3.44. The summed E-state index contributed by atoms with van der Waals surface area (Å²) in [5, 5.41) is 0. The molecule has 1 amide bonds. The maximum Gasteiger partial charge on any atom is 0.225 e. The molecule has 5 rings (SSSR count). The van der Waals surface area contributed by atoms with Crippen LogP contribution in [-0.2, 0) is 11.3 Å². The Kier molecular flexibility index (Phi) is 4.43. The van der Waals surface area contributed by atoms with E-state index in [9.17, 15) is 4.79 Å². The Morgan fingerprint density at radius 2 is 1.82 bits per heavy atom. The molecule has 1 saturated heterocycles. The highest BCUT2D eigenvalue weighted by Crippen LogP contribution is 2.33. The molecule has 0 bridgehead atoms. The van der Waals surface area contributed by atoms with E-state index in [-0.39, 0.29) is 0 Å². The zero-order chi connectivity index (χ0) is 18.9. The van der Waals surface area contributed by atoms with E-state index in [0.29, 0.717) is 17.7 Å². The normalized spacial score (nSPS) is 19.1. The molecule has 3 heterocycles. The summed E-state index contributed by atoms with van der Waals surface area (Å²) in [6.07, 6.45) is 10.8. The molecule has 3 aromatic rings. The number of rotatable bonds is 5. The first-order chi connectivity index (χ1) is 13.8. The fraction of sp³-hybridized carbons (Fsp3) is 0.348. The van der Waals surface area contributed by atoms with Crippen LogP contribution in [-0.4, -0.2) is 38.4 Å². The summed E-state index contributed by atoms with van der Waals surface area (Å²) in [4.78, 5) is 23.2. The molecule has 2 fully saturated rings. The van der Waals surface area contributed by atoms with Crippen LogP contribution in [0.4, 0.5) is 0 Å². The van der Waals surface area contributed by atoms with Gasteiger partial charge in [-0.25, -0.2) is 4.98 Å². The molecule has 2 aromatic heterocycles. The Labute approximate surface area is 165 Å². The summed E-state index contributed by atoms with van der Waals surface area (Å²) in [7, 11) is 0. The van der Waals surface area contributed by atoms with Crippen LogP contribution in [0.2, 0.25) is 0 Å². The second-order valence-corrected chi connectivity index (χ2v) is 7.94. The number of hydrogen-bond donors (Lipinski definition) is 0. The maximum atomic E-state index is 12.3. The predicted molar refractivity (Wildman–Crippen MR) is 108 cm³/mol. The van der Waals surface area contributed by atoms with Crippen LogP contribution in [0, 0.1) is 11.8 Å². The largest absolute Gasteiger partial charge is 0.342 e. The van der Waals surface area contributed by atoms with Crippen molar-refractivity contribution in [3.8, 4) is 22.5 Å². The van der Waals surface area contributed by atoms with Gasteiger partial charge in [0.25, 0.3) is 0 Å². The molecular weight excluding hydrogens is 348 g/mol. The van der Waals surface area contributed by atoms with Crippen molar-refractivity contribution < 1.29 is 4.79 Å². The third-order valence-corrected chi connectivity index (χ3v) is 5.83. The van der Waals surface area contributed by atoms with Crippen LogP contribution in [0.25, 0.3) is 22.5 Å². The molecule has 1 aliphatic carbocycles. The van der Waals surface area contributed by atoms with E-state index in [1.54, 1.807) is 6.20 Å². The van der Waals surface area contributed by atoms with Gasteiger partial charge in [-0.3, -0.25) is 9.78 Å². The molecule has 0 N–H and O–H groups in total. The zero-order valence-corrected chi connectivity index (χ0v) is 15.9. The quantitative estimate of drug-likeness (QED) is 0.683. The Morgan fingerprint density at radius 3 is 2.57 bits per heavy atom. The molecule has 28 heavy (non-hydrogen) atoms. The van der Waals surface area contributed by atoms with Gasteiger partial charge in [0.2, 0.25) is 5.91 Å². The van der Waals surface area contributed by atoms with Crippen molar-refractivity contribution in [3.05, 3.63) is 61.2 Å². The lowest BCUT2D eigenvalue weighted by atomic mass is 10.1. The van der Waals surface area contributed by atoms with Crippen LogP contribution >= 0.6 is 0 Å². The van der Waals surface area contributed by atoms with Crippen molar-refractivity contribution in [1.82, 2.24) is 19.4 Å². The van der Waals surface area contributed by atoms with Gasteiger partial charge in [-0.05, 0) is 42.4 Å². The van der Waals surface area contributed by atoms with Gasteiger partial charge >= 0.3 is 0 Å². The van der Waals surface area contributed by atoms with Crippen LogP contribution in [0.1, 0.15) is 19.3 Å². The molecule has 5 nitrogen and oxygen atoms in total. The molecule has 1 aromatic carbocycles. The Morgan fingerprint density at radius 1 is 1.00 bits per heavy atom. The van der Waals surface area contributed by atoms with Gasteiger partial charge in [-0.15, -0.1) is 0 Å². The summed E-state index contributed by atoms with van der Waals surface area (Å²) in [6.45, 7) is 2.70. The molecule has 5 heteroatoms. The number of nitrogens with zero attached hydrogens (tertiary/aromatic N) is 4. The lowest BCUT2D eigenvalue weighted by Crippen LogP contribution is -2.30. The first-order valence-corrected chi connectivity index (χ1v) is 10.1. The summed E-state index contributed by atoms with van der Waals surface area (Å²) in [6, 6.07) is 12.5. The van der Waals surface area contributed by atoms with E-state index in [2.05, 4.69) is 56.0 Å². The number of amides is 1. The van der Waals surface area contributed by atoms with Gasteiger partial charge in [0.05, 0.1) is 0 Å². The van der Waals surface area contributed by atoms with E-state index in [1.165, 1.54) is 0 Å². The highest BCUT2D eigenvalue weighted by atomic mass is 16.2. The maximum absolute atomic E-state index is 12.3. The number of aromatic nitrogens is 3. The highest BCUT2D eigenvalue weighted by molar-refractivity contribution is 5.81. The van der Waals surface area contributed by atoms with Gasteiger partial charge in [0, 0.05) is 55.9 Å².